The molecule has 0 aliphatic heterocycles. The molecule has 7 heteroatoms. The first-order chi connectivity index (χ1) is 13.4. The van der Waals surface area contributed by atoms with Gasteiger partial charge in [0.05, 0.1) is 13.7 Å². The highest BCUT2D eigenvalue weighted by atomic mass is 16.5. The summed E-state index contributed by atoms with van der Waals surface area (Å²) in [6.45, 7) is 4.13. The average molecular weight is 381 g/mol. The predicted molar refractivity (Wildman–Crippen MR) is 104 cm³/mol. The van der Waals surface area contributed by atoms with E-state index in [9.17, 15) is 4.79 Å². The molecule has 0 N–H and O–H groups in total. The van der Waals surface area contributed by atoms with E-state index in [1.54, 1.807) is 14.2 Å². The van der Waals surface area contributed by atoms with Gasteiger partial charge in [0.25, 0.3) is 5.91 Å². The average Bonchev–Trinajstić information content (AvgIpc) is 3.14. The zero-order chi connectivity index (χ0) is 20.1. The smallest absolute Gasteiger partial charge is 0.260 e. The molecule has 0 saturated heterocycles. The number of hydrogen-bond acceptors (Lipinski definition) is 6. The summed E-state index contributed by atoms with van der Waals surface area (Å²) in [4.78, 5) is 18.2. The Kier molecular flexibility index (Phi) is 5.93. The molecule has 3 rings (SSSR count). The maximum atomic E-state index is 12.3. The largest absolute Gasteiger partial charge is 0.497 e. The number of carbonyl (C=O) groups is 1. The standard InChI is InChI=1S/C21H23N3O4/c1-14-9-15(2)11-18(10-14)27-13-20(25)24(3)12-19-22-21(23-28-19)16-5-7-17(26-4)8-6-16/h5-11H,12-13H2,1-4H3. The number of amides is 1. The van der Waals surface area contributed by atoms with Gasteiger partial charge in [-0.3, -0.25) is 4.79 Å². The summed E-state index contributed by atoms with van der Waals surface area (Å²) in [5, 5.41) is 3.97. The zero-order valence-electron chi connectivity index (χ0n) is 16.4. The number of aryl methyl sites for hydroxylation is 2. The van der Waals surface area contributed by atoms with E-state index in [1.807, 2.05) is 50.2 Å². The van der Waals surface area contributed by atoms with Crippen molar-refractivity contribution >= 4 is 5.91 Å². The van der Waals surface area contributed by atoms with E-state index in [0.29, 0.717) is 17.5 Å². The Labute approximate surface area is 163 Å². The Balaban J connectivity index is 1.57. The SMILES string of the molecule is COc1ccc(-c2noc(CN(C)C(=O)COc3cc(C)cc(C)c3)n2)cc1. The second-order valence-electron chi connectivity index (χ2n) is 6.60. The van der Waals surface area contributed by atoms with Gasteiger partial charge >= 0.3 is 0 Å². The van der Waals surface area contributed by atoms with Crippen LogP contribution < -0.4 is 9.47 Å². The van der Waals surface area contributed by atoms with Gasteiger partial charge in [-0.05, 0) is 61.4 Å². The fourth-order valence-electron chi connectivity index (χ4n) is 2.74. The lowest BCUT2D eigenvalue weighted by molar-refractivity contribution is -0.132. The first kappa shape index (κ1) is 19.4. The highest BCUT2D eigenvalue weighted by Gasteiger charge is 2.15. The molecule has 0 fully saturated rings. The van der Waals surface area contributed by atoms with Gasteiger partial charge in [0.2, 0.25) is 11.7 Å². The Bertz CT molecular complexity index is 930. The summed E-state index contributed by atoms with van der Waals surface area (Å²) < 4.78 is 16.0. The van der Waals surface area contributed by atoms with Gasteiger partial charge in [-0.25, -0.2) is 0 Å². The lowest BCUT2D eigenvalue weighted by Crippen LogP contribution is -2.31. The summed E-state index contributed by atoms with van der Waals surface area (Å²) in [5.41, 5.74) is 2.99. The first-order valence-corrected chi connectivity index (χ1v) is 8.86. The van der Waals surface area contributed by atoms with Crippen LogP contribution in [-0.4, -0.2) is 41.7 Å². The van der Waals surface area contributed by atoms with Crippen LogP contribution in [0.5, 0.6) is 11.5 Å². The number of hydrogen-bond donors (Lipinski definition) is 0. The number of rotatable bonds is 7. The Morgan fingerprint density at radius 1 is 1.07 bits per heavy atom. The normalized spacial score (nSPS) is 10.6. The summed E-state index contributed by atoms with van der Waals surface area (Å²) in [7, 11) is 3.28. The minimum atomic E-state index is -0.177. The molecule has 146 valence electrons. The highest BCUT2D eigenvalue weighted by Crippen LogP contribution is 2.20. The van der Waals surface area contributed by atoms with Crippen LogP contribution in [0.1, 0.15) is 17.0 Å². The molecular formula is C21H23N3O4. The third kappa shape index (κ3) is 4.88. The van der Waals surface area contributed by atoms with Crippen molar-refractivity contribution in [1.82, 2.24) is 15.0 Å². The van der Waals surface area contributed by atoms with Gasteiger partial charge in [0.1, 0.15) is 11.5 Å². The van der Waals surface area contributed by atoms with E-state index in [4.69, 9.17) is 14.0 Å². The monoisotopic (exact) mass is 381 g/mol. The highest BCUT2D eigenvalue weighted by molar-refractivity contribution is 5.77. The Morgan fingerprint density at radius 3 is 2.39 bits per heavy atom. The van der Waals surface area contributed by atoms with Crippen LogP contribution in [0.25, 0.3) is 11.4 Å². The van der Waals surface area contributed by atoms with Crippen molar-refractivity contribution in [3.8, 4) is 22.9 Å². The van der Waals surface area contributed by atoms with Crippen LogP contribution in [0.4, 0.5) is 0 Å². The van der Waals surface area contributed by atoms with Gasteiger partial charge in [-0.1, -0.05) is 11.2 Å². The van der Waals surface area contributed by atoms with E-state index in [1.165, 1.54) is 4.90 Å². The van der Waals surface area contributed by atoms with Gasteiger partial charge in [-0.2, -0.15) is 4.98 Å². The van der Waals surface area contributed by atoms with Gasteiger partial charge in [-0.15, -0.1) is 0 Å². The Morgan fingerprint density at radius 2 is 1.75 bits per heavy atom. The third-order valence-corrected chi connectivity index (χ3v) is 4.17. The third-order valence-electron chi connectivity index (χ3n) is 4.17. The molecule has 2 aromatic carbocycles. The lowest BCUT2D eigenvalue weighted by Gasteiger charge is -2.15. The fourth-order valence-corrected chi connectivity index (χ4v) is 2.74. The molecule has 0 atom stereocenters. The molecule has 3 aromatic rings. The number of aromatic nitrogens is 2. The van der Waals surface area contributed by atoms with Crippen molar-refractivity contribution in [3.05, 3.63) is 59.5 Å². The van der Waals surface area contributed by atoms with E-state index < -0.39 is 0 Å². The summed E-state index contributed by atoms with van der Waals surface area (Å²) in [6, 6.07) is 13.2. The minimum Gasteiger partial charge on any atom is -0.497 e. The molecule has 0 bridgehead atoms. The van der Waals surface area contributed by atoms with Crippen molar-refractivity contribution in [2.45, 2.75) is 20.4 Å². The summed E-state index contributed by atoms with van der Waals surface area (Å²) >= 11 is 0. The molecule has 7 nitrogen and oxygen atoms in total. The first-order valence-electron chi connectivity index (χ1n) is 8.86. The van der Waals surface area contributed by atoms with Crippen LogP contribution in [0.15, 0.2) is 47.0 Å². The molecule has 1 heterocycles. The van der Waals surface area contributed by atoms with Crippen LogP contribution >= 0.6 is 0 Å². The van der Waals surface area contributed by atoms with Crippen molar-refractivity contribution in [2.24, 2.45) is 0 Å². The molecule has 1 amide bonds. The molecular weight excluding hydrogens is 358 g/mol. The molecule has 0 unspecified atom stereocenters. The molecule has 0 radical (unpaired) electrons. The van der Waals surface area contributed by atoms with E-state index in [-0.39, 0.29) is 19.1 Å². The van der Waals surface area contributed by atoms with Crippen molar-refractivity contribution in [1.29, 1.82) is 0 Å². The van der Waals surface area contributed by atoms with Crippen LogP contribution in [0.2, 0.25) is 0 Å². The van der Waals surface area contributed by atoms with E-state index in [2.05, 4.69) is 16.2 Å². The van der Waals surface area contributed by atoms with Crippen LogP contribution in [0, 0.1) is 13.8 Å². The molecule has 28 heavy (non-hydrogen) atoms. The fraction of sp³-hybridized carbons (Fsp3) is 0.286. The maximum Gasteiger partial charge on any atom is 0.260 e. The van der Waals surface area contributed by atoms with Gasteiger partial charge in [0.15, 0.2) is 6.61 Å². The number of carbonyl (C=O) groups excluding carboxylic acids is 1. The predicted octanol–water partition coefficient (Wildman–Crippen LogP) is 3.40. The second kappa shape index (κ2) is 8.56. The number of nitrogens with zero attached hydrogens (tertiary/aromatic N) is 3. The van der Waals surface area contributed by atoms with Crippen molar-refractivity contribution in [2.75, 3.05) is 20.8 Å². The number of ether oxygens (including phenoxy) is 2. The summed E-state index contributed by atoms with van der Waals surface area (Å²) in [6.07, 6.45) is 0. The van der Waals surface area contributed by atoms with Gasteiger partial charge in [0, 0.05) is 12.6 Å². The topological polar surface area (TPSA) is 77.7 Å². The minimum absolute atomic E-state index is 0.0567. The summed E-state index contributed by atoms with van der Waals surface area (Å²) in [5.74, 6) is 2.07. The molecule has 0 aliphatic carbocycles. The van der Waals surface area contributed by atoms with E-state index >= 15 is 0 Å². The van der Waals surface area contributed by atoms with Gasteiger partial charge < -0.3 is 18.9 Å². The number of benzene rings is 2. The Hall–Kier alpha value is -3.35. The zero-order valence-corrected chi connectivity index (χ0v) is 16.4. The molecule has 0 saturated carbocycles. The second-order valence-corrected chi connectivity index (χ2v) is 6.60. The maximum absolute atomic E-state index is 12.3. The number of methoxy groups -OCH3 is 1. The molecule has 0 aliphatic rings. The van der Waals surface area contributed by atoms with Crippen LogP contribution in [-0.2, 0) is 11.3 Å². The quantitative estimate of drug-likeness (QED) is 0.624. The van der Waals surface area contributed by atoms with E-state index in [0.717, 1.165) is 22.4 Å². The van der Waals surface area contributed by atoms with Crippen LogP contribution in [0.3, 0.4) is 0 Å². The molecule has 1 aromatic heterocycles. The molecule has 0 spiro atoms. The van der Waals surface area contributed by atoms with Crippen molar-refractivity contribution in [3.63, 3.8) is 0 Å². The number of likely N-dealkylation sites (N-methyl/N-ethyl adjacent to an activating group) is 1. The van der Waals surface area contributed by atoms with Crippen molar-refractivity contribution < 1.29 is 18.8 Å². The lowest BCUT2D eigenvalue weighted by atomic mass is 10.1.